The molecular weight excluding hydrogens is 576 g/mol. The van der Waals surface area contributed by atoms with Crippen molar-refractivity contribution in [1.82, 2.24) is 21.1 Å². The van der Waals surface area contributed by atoms with Gasteiger partial charge in [-0.15, -0.1) is 0 Å². The van der Waals surface area contributed by atoms with Crippen LogP contribution < -0.4 is 21.3 Å². The Hall–Kier alpha value is -5.12. The van der Waals surface area contributed by atoms with E-state index in [0.717, 1.165) is 11.1 Å². The number of allylic oxidation sites excluding steroid dienone is 1. The van der Waals surface area contributed by atoms with Crippen LogP contribution in [0.15, 0.2) is 70.8 Å². The van der Waals surface area contributed by atoms with Crippen LogP contribution in [0.5, 0.6) is 0 Å². The number of rotatable bonds is 14. The van der Waals surface area contributed by atoms with Crippen molar-refractivity contribution in [1.29, 1.82) is 5.26 Å². The molecular formula is C33H38N6O6. The smallest absolute Gasteiger partial charge is 0.275 e. The third kappa shape index (κ3) is 9.69. The summed E-state index contributed by atoms with van der Waals surface area (Å²) in [5.74, 6) is -1.55. The van der Waals surface area contributed by atoms with Crippen molar-refractivity contribution in [2.24, 2.45) is 5.92 Å². The first-order chi connectivity index (χ1) is 21.3. The summed E-state index contributed by atoms with van der Waals surface area (Å²) in [4.78, 5) is 51.8. The van der Waals surface area contributed by atoms with Crippen molar-refractivity contribution in [3.8, 4) is 6.07 Å². The number of amides is 3. The molecule has 0 bridgehead atoms. The Labute approximate surface area is 261 Å². The predicted octanol–water partition coefficient (Wildman–Crippen LogP) is 2.86. The minimum Gasteiger partial charge on any atom is -0.389 e. The summed E-state index contributed by atoms with van der Waals surface area (Å²) in [5.41, 5.74) is 0.616. The van der Waals surface area contributed by atoms with Gasteiger partial charge in [-0.2, -0.15) is 5.26 Å². The van der Waals surface area contributed by atoms with E-state index in [0.29, 0.717) is 23.3 Å². The fraction of sp³-hybridized carbons (Fsp3) is 0.333. The van der Waals surface area contributed by atoms with E-state index in [1.54, 1.807) is 37.3 Å². The maximum Gasteiger partial charge on any atom is 0.275 e. The highest BCUT2D eigenvalue weighted by molar-refractivity contribution is 6.06. The highest BCUT2D eigenvalue weighted by Gasteiger charge is 2.41. The van der Waals surface area contributed by atoms with Gasteiger partial charge >= 0.3 is 0 Å². The van der Waals surface area contributed by atoms with Gasteiger partial charge in [0.05, 0.1) is 12.1 Å². The minimum atomic E-state index is -2.09. The number of aliphatic hydroxyl groups excluding tert-OH is 1. The monoisotopic (exact) mass is 614 g/mol. The average Bonchev–Trinajstić information content (AvgIpc) is 3.44. The van der Waals surface area contributed by atoms with Crippen LogP contribution in [0.4, 0.5) is 5.69 Å². The number of nitrogens with zero attached hydrogens (tertiary/aromatic N) is 2. The number of benzene rings is 2. The fourth-order valence-corrected chi connectivity index (χ4v) is 4.37. The van der Waals surface area contributed by atoms with Gasteiger partial charge in [0.1, 0.15) is 17.4 Å². The van der Waals surface area contributed by atoms with Crippen molar-refractivity contribution in [3.63, 3.8) is 0 Å². The number of aryl methyl sites for hydroxylation is 2. The van der Waals surface area contributed by atoms with Gasteiger partial charge in [-0.25, -0.2) is 0 Å². The molecule has 45 heavy (non-hydrogen) atoms. The van der Waals surface area contributed by atoms with Crippen molar-refractivity contribution in [3.05, 3.63) is 94.4 Å². The Morgan fingerprint density at radius 2 is 1.78 bits per heavy atom. The number of aromatic nitrogens is 1. The summed E-state index contributed by atoms with van der Waals surface area (Å²) in [5, 5.41) is 34.7. The van der Waals surface area contributed by atoms with Crippen LogP contribution in [0.1, 0.15) is 53.7 Å². The molecule has 12 nitrogen and oxygen atoms in total. The van der Waals surface area contributed by atoms with Crippen LogP contribution in [0.3, 0.4) is 0 Å². The second-order valence-corrected chi connectivity index (χ2v) is 11.1. The van der Waals surface area contributed by atoms with Crippen LogP contribution in [0.2, 0.25) is 0 Å². The maximum absolute atomic E-state index is 13.6. The Kier molecular flexibility index (Phi) is 11.9. The number of nitrogens with one attached hydrogen (secondary N) is 4. The summed E-state index contributed by atoms with van der Waals surface area (Å²) < 4.78 is 4.96. The topological polar surface area (TPSA) is 186 Å². The first-order valence-electron chi connectivity index (χ1n) is 14.4. The molecule has 3 rings (SSSR count). The summed E-state index contributed by atoms with van der Waals surface area (Å²) in [6, 6.07) is 16.3. The van der Waals surface area contributed by atoms with Gasteiger partial charge in [-0.1, -0.05) is 67.0 Å². The zero-order valence-corrected chi connectivity index (χ0v) is 25.9. The van der Waals surface area contributed by atoms with E-state index in [2.05, 4.69) is 26.4 Å². The van der Waals surface area contributed by atoms with Gasteiger partial charge in [0.25, 0.3) is 11.8 Å². The van der Waals surface area contributed by atoms with Gasteiger partial charge in [-0.05, 0) is 56.4 Å². The van der Waals surface area contributed by atoms with Crippen molar-refractivity contribution >= 4 is 29.7 Å². The molecule has 0 unspecified atom stereocenters. The lowest BCUT2D eigenvalue weighted by Gasteiger charge is -2.36. The Balaban J connectivity index is 1.91. The fourth-order valence-electron chi connectivity index (χ4n) is 4.37. The molecule has 3 amide bonds. The molecule has 1 aromatic heterocycles. The third-order valence-corrected chi connectivity index (χ3v) is 6.83. The lowest BCUT2D eigenvalue weighted by molar-refractivity contribution is -0.126. The van der Waals surface area contributed by atoms with E-state index in [4.69, 9.17) is 4.52 Å². The second kappa shape index (κ2) is 15.6. The highest BCUT2D eigenvalue weighted by atomic mass is 16.5. The molecule has 0 radical (unpaired) electrons. The van der Waals surface area contributed by atoms with Crippen LogP contribution in [-0.2, 0) is 27.3 Å². The molecule has 0 aliphatic carbocycles. The predicted molar refractivity (Wildman–Crippen MR) is 166 cm³/mol. The molecule has 0 saturated heterocycles. The summed E-state index contributed by atoms with van der Waals surface area (Å²) in [6.45, 7) is 8.72. The van der Waals surface area contributed by atoms with Crippen LogP contribution in [0.25, 0.3) is 0 Å². The summed E-state index contributed by atoms with van der Waals surface area (Å²) in [6.07, 6.45) is 0.380. The molecule has 0 aliphatic heterocycles. The number of nitriles is 1. The van der Waals surface area contributed by atoms with E-state index in [-0.39, 0.29) is 30.2 Å². The first-order valence-corrected chi connectivity index (χ1v) is 14.4. The summed E-state index contributed by atoms with van der Waals surface area (Å²) >= 11 is 0. The van der Waals surface area contributed by atoms with E-state index < -0.39 is 35.5 Å². The van der Waals surface area contributed by atoms with Crippen molar-refractivity contribution < 1.29 is 28.8 Å². The number of anilines is 1. The zero-order valence-electron chi connectivity index (χ0n) is 25.9. The molecule has 12 heteroatoms. The van der Waals surface area contributed by atoms with E-state index in [9.17, 15) is 29.5 Å². The number of hydrogen-bond acceptors (Lipinski definition) is 9. The van der Waals surface area contributed by atoms with E-state index in [1.807, 2.05) is 51.1 Å². The average molecular weight is 615 g/mol. The highest BCUT2D eigenvalue weighted by Crippen LogP contribution is 2.17. The molecule has 5 N–H and O–H groups in total. The van der Waals surface area contributed by atoms with Crippen LogP contribution in [0, 0.1) is 31.1 Å². The number of carbonyl (C=O) groups is 4. The second-order valence-electron chi connectivity index (χ2n) is 11.1. The Morgan fingerprint density at radius 1 is 1.07 bits per heavy atom. The normalized spacial score (nSPS) is 14.0. The number of hydrogen-bond donors (Lipinski definition) is 5. The molecule has 0 saturated carbocycles. The minimum absolute atomic E-state index is 0.0113. The molecule has 3 atom stereocenters. The number of aldehydes is 1. The SMILES string of the molecule is Cc1ccc(CNC(=O)[C@H](Cc2cccc(NC(=O)C(C#N)=CC(C)C)c2)N[C@](C=O)(NC(=O)c2cc(C)on2)[C@@H](C)O)cc1. The van der Waals surface area contributed by atoms with Crippen LogP contribution >= 0.6 is 0 Å². The van der Waals surface area contributed by atoms with Crippen LogP contribution in [-0.4, -0.2) is 52.1 Å². The number of aliphatic hydroxyl groups is 1. The van der Waals surface area contributed by atoms with E-state index >= 15 is 0 Å². The standard InChI is InChI=1S/C33H38N6O6/c1-20(2)13-26(17-34)30(42)36-27-8-6-7-25(15-27)16-28(31(43)35-18-24-11-9-21(3)10-12-24)37-33(19-40,23(5)41)38-32(44)29-14-22(4)45-39-29/h6-15,19-20,23,28,37,41H,16,18H2,1-5H3,(H,35,43)(H,36,42)(H,38,44)/t23-,28+,33-/m1/s1. The molecule has 1 heterocycles. The van der Waals surface area contributed by atoms with Crippen molar-refractivity contribution in [2.75, 3.05) is 5.32 Å². The van der Waals surface area contributed by atoms with Gasteiger partial charge in [0.15, 0.2) is 17.6 Å². The first kappa shape index (κ1) is 34.4. The van der Waals surface area contributed by atoms with Gasteiger partial charge in [0.2, 0.25) is 5.91 Å². The molecule has 3 aromatic rings. The molecule has 0 fully saturated rings. The van der Waals surface area contributed by atoms with E-state index in [1.165, 1.54) is 13.0 Å². The quantitative estimate of drug-likeness (QED) is 0.0788. The molecule has 2 aromatic carbocycles. The zero-order chi connectivity index (χ0) is 33.1. The summed E-state index contributed by atoms with van der Waals surface area (Å²) in [7, 11) is 0. The van der Waals surface area contributed by atoms with Crippen molar-refractivity contribution in [2.45, 2.75) is 65.4 Å². The number of carbonyl (C=O) groups excluding carboxylic acids is 4. The lowest BCUT2D eigenvalue weighted by Crippen LogP contribution is -2.70. The van der Waals surface area contributed by atoms with Gasteiger partial charge in [0, 0.05) is 18.3 Å². The Bertz CT molecular complexity index is 1590. The molecule has 236 valence electrons. The third-order valence-electron chi connectivity index (χ3n) is 6.83. The van der Waals surface area contributed by atoms with Gasteiger partial charge < -0.3 is 25.6 Å². The molecule has 0 aliphatic rings. The largest absolute Gasteiger partial charge is 0.389 e. The van der Waals surface area contributed by atoms with Gasteiger partial charge in [-0.3, -0.25) is 24.5 Å². The molecule has 0 spiro atoms. The lowest BCUT2D eigenvalue weighted by atomic mass is 9.99. The Morgan fingerprint density at radius 3 is 2.36 bits per heavy atom. The maximum atomic E-state index is 13.6.